The van der Waals surface area contributed by atoms with Gasteiger partial charge in [0, 0.05) is 17.4 Å². The summed E-state index contributed by atoms with van der Waals surface area (Å²) in [5.41, 5.74) is 0. The van der Waals surface area contributed by atoms with Crippen LogP contribution < -0.4 is 10.6 Å². The highest BCUT2D eigenvalue weighted by Crippen LogP contribution is 2.33. The number of carbonyl (C=O) groups is 2. The van der Waals surface area contributed by atoms with Crippen LogP contribution in [0.2, 0.25) is 0 Å². The van der Waals surface area contributed by atoms with Gasteiger partial charge in [0.25, 0.3) is 0 Å². The van der Waals surface area contributed by atoms with Crippen LogP contribution in [0.15, 0.2) is 0 Å². The normalized spacial score (nSPS) is 32.0. The molecule has 2 unspecified atom stereocenters. The second-order valence-corrected chi connectivity index (χ2v) is 5.53. The zero-order chi connectivity index (χ0) is 11.5. The van der Waals surface area contributed by atoms with Crippen LogP contribution in [0.25, 0.3) is 0 Å². The Morgan fingerprint density at radius 1 is 1.44 bits per heavy atom. The standard InChI is InChI=1S/C10H16N2O3S/c13-8(14)4-2-1-3-7-9-6(5-16-7)11-10(15)12-9/h6-7,9H,1-5H2,(H,13,14)(H2,11,12,15)/t6?,7-,9?/m1/s1. The van der Waals surface area contributed by atoms with E-state index in [-0.39, 0.29) is 24.5 Å². The van der Waals surface area contributed by atoms with Gasteiger partial charge in [0.15, 0.2) is 0 Å². The number of urea groups is 1. The van der Waals surface area contributed by atoms with Gasteiger partial charge in [-0.05, 0) is 12.8 Å². The number of fused-ring (bicyclic) bond motifs is 1. The largest absolute Gasteiger partial charge is 0.481 e. The van der Waals surface area contributed by atoms with Crippen molar-refractivity contribution in [2.45, 2.75) is 43.0 Å². The summed E-state index contributed by atoms with van der Waals surface area (Å²) in [6.45, 7) is 0. The molecule has 0 saturated carbocycles. The lowest BCUT2D eigenvalue weighted by Crippen LogP contribution is -2.36. The molecule has 2 aliphatic rings. The summed E-state index contributed by atoms with van der Waals surface area (Å²) in [6, 6.07) is 0.440. The number of hydrogen-bond acceptors (Lipinski definition) is 3. The van der Waals surface area contributed by atoms with Gasteiger partial charge in [0.05, 0.1) is 12.1 Å². The molecule has 2 fully saturated rings. The smallest absolute Gasteiger partial charge is 0.315 e. The molecule has 2 rings (SSSR count). The van der Waals surface area contributed by atoms with Gasteiger partial charge >= 0.3 is 12.0 Å². The monoisotopic (exact) mass is 244 g/mol. The average molecular weight is 244 g/mol. The predicted molar refractivity (Wildman–Crippen MR) is 61.6 cm³/mol. The Balaban J connectivity index is 1.70. The quantitative estimate of drug-likeness (QED) is 0.493. The molecule has 2 amide bonds. The maximum Gasteiger partial charge on any atom is 0.315 e. The van der Waals surface area contributed by atoms with Crippen molar-refractivity contribution in [2.24, 2.45) is 0 Å². The minimum Gasteiger partial charge on any atom is -0.481 e. The number of thioether (sulfide) groups is 1. The molecule has 5 nitrogen and oxygen atoms in total. The topological polar surface area (TPSA) is 78.4 Å². The van der Waals surface area contributed by atoms with E-state index in [1.54, 1.807) is 0 Å². The molecule has 0 aromatic rings. The summed E-state index contributed by atoms with van der Waals surface area (Å²) in [6.07, 6.45) is 2.88. The van der Waals surface area contributed by atoms with Gasteiger partial charge in [-0.2, -0.15) is 11.8 Å². The lowest BCUT2D eigenvalue weighted by molar-refractivity contribution is -0.137. The van der Waals surface area contributed by atoms with E-state index in [0.29, 0.717) is 5.25 Å². The molecule has 0 aromatic heterocycles. The van der Waals surface area contributed by atoms with Crippen molar-refractivity contribution < 1.29 is 14.7 Å². The van der Waals surface area contributed by atoms with Crippen LogP contribution in [0.5, 0.6) is 0 Å². The van der Waals surface area contributed by atoms with E-state index < -0.39 is 5.97 Å². The minimum atomic E-state index is -0.729. The molecule has 2 aliphatic heterocycles. The molecule has 0 spiro atoms. The first-order valence-corrected chi connectivity index (χ1v) is 6.62. The van der Waals surface area contributed by atoms with Crippen molar-refractivity contribution >= 4 is 23.8 Å². The summed E-state index contributed by atoms with van der Waals surface area (Å²) in [5, 5.41) is 14.8. The maximum atomic E-state index is 11.1. The highest BCUT2D eigenvalue weighted by molar-refractivity contribution is 8.00. The first-order chi connectivity index (χ1) is 7.66. The Hall–Kier alpha value is -0.910. The molecule has 2 saturated heterocycles. The number of nitrogens with one attached hydrogen (secondary N) is 2. The number of carboxylic acids is 1. The second-order valence-electron chi connectivity index (χ2n) is 4.26. The zero-order valence-corrected chi connectivity index (χ0v) is 9.76. The number of carboxylic acid groups (broad SMARTS) is 1. The average Bonchev–Trinajstić information content (AvgIpc) is 2.72. The molecule has 16 heavy (non-hydrogen) atoms. The third-order valence-electron chi connectivity index (χ3n) is 3.07. The predicted octanol–water partition coefficient (Wildman–Crippen LogP) is 0.797. The fraction of sp³-hybridized carbons (Fsp3) is 0.800. The molecule has 2 heterocycles. The summed E-state index contributed by atoms with van der Waals surface area (Å²) in [5.74, 6) is 0.236. The summed E-state index contributed by atoms with van der Waals surface area (Å²) in [7, 11) is 0. The minimum absolute atomic E-state index is 0.0640. The third-order valence-corrected chi connectivity index (χ3v) is 4.58. The van der Waals surface area contributed by atoms with Crippen molar-refractivity contribution in [3.8, 4) is 0 Å². The van der Waals surface area contributed by atoms with Crippen LogP contribution in [-0.2, 0) is 4.79 Å². The summed E-state index contributed by atoms with van der Waals surface area (Å²) in [4.78, 5) is 21.5. The fourth-order valence-electron chi connectivity index (χ4n) is 2.26. The SMILES string of the molecule is O=C(O)CCCC[C@H]1SCC2NC(=O)NC21. The van der Waals surface area contributed by atoms with Gasteiger partial charge < -0.3 is 15.7 Å². The highest BCUT2D eigenvalue weighted by Gasteiger charge is 2.42. The number of aliphatic carboxylic acids is 1. The molecule has 0 radical (unpaired) electrons. The van der Waals surface area contributed by atoms with Gasteiger partial charge in [-0.15, -0.1) is 0 Å². The molecule has 0 bridgehead atoms. The number of amides is 2. The van der Waals surface area contributed by atoms with Crippen molar-refractivity contribution in [3.05, 3.63) is 0 Å². The van der Waals surface area contributed by atoms with E-state index in [2.05, 4.69) is 10.6 Å². The number of carbonyl (C=O) groups excluding carboxylic acids is 1. The van der Waals surface area contributed by atoms with Crippen molar-refractivity contribution in [1.29, 1.82) is 0 Å². The van der Waals surface area contributed by atoms with Crippen LogP contribution in [0.3, 0.4) is 0 Å². The van der Waals surface area contributed by atoms with Crippen molar-refractivity contribution in [3.63, 3.8) is 0 Å². The van der Waals surface area contributed by atoms with Gasteiger partial charge in [-0.3, -0.25) is 4.79 Å². The van der Waals surface area contributed by atoms with Crippen LogP contribution in [-0.4, -0.2) is 40.2 Å². The fourth-order valence-corrected chi connectivity index (χ4v) is 3.81. The molecule has 6 heteroatoms. The molecule has 0 aromatic carbocycles. The molecule has 90 valence electrons. The Labute approximate surface area is 98.4 Å². The zero-order valence-electron chi connectivity index (χ0n) is 8.94. The highest BCUT2D eigenvalue weighted by atomic mass is 32.2. The van der Waals surface area contributed by atoms with Gasteiger partial charge in [0.2, 0.25) is 0 Å². The van der Waals surface area contributed by atoms with Crippen LogP contribution in [0, 0.1) is 0 Å². The van der Waals surface area contributed by atoms with Crippen LogP contribution >= 0.6 is 11.8 Å². The van der Waals surface area contributed by atoms with Crippen LogP contribution in [0.1, 0.15) is 25.7 Å². The van der Waals surface area contributed by atoms with Crippen molar-refractivity contribution in [2.75, 3.05) is 5.75 Å². The van der Waals surface area contributed by atoms with E-state index in [1.165, 1.54) is 0 Å². The maximum absolute atomic E-state index is 11.1. The summed E-state index contributed by atoms with van der Waals surface area (Å²) < 4.78 is 0. The number of hydrogen-bond donors (Lipinski definition) is 3. The van der Waals surface area contributed by atoms with E-state index in [4.69, 9.17) is 5.11 Å². The van der Waals surface area contributed by atoms with Gasteiger partial charge in [-0.1, -0.05) is 6.42 Å². The second kappa shape index (κ2) is 4.95. The van der Waals surface area contributed by atoms with Gasteiger partial charge in [0.1, 0.15) is 0 Å². The first kappa shape index (κ1) is 11.6. The lowest BCUT2D eigenvalue weighted by Gasteiger charge is -2.16. The van der Waals surface area contributed by atoms with Crippen molar-refractivity contribution in [1.82, 2.24) is 10.6 Å². The summed E-state index contributed by atoms with van der Waals surface area (Å²) >= 11 is 1.87. The van der Waals surface area contributed by atoms with E-state index >= 15 is 0 Å². The van der Waals surface area contributed by atoms with Crippen LogP contribution in [0.4, 0.5) is 4.79 Å². The Kier molecular flexibility index (Phi) is 3.58. The lowest BCUT2D eigenvalue weighted by atomic mass is 10.0. The Bertz CT molecular complexity index is 298. The Morgan fingerprint density at radius 2 is 2.25 bits per heavy atom. The Morgan fingerprint density at radius 3 is 3.00 bits per heavy atom. The van der Waals surface area contributed by atoms with E-state index in [9.17, 15) is 9.59 Å². The molecular weight excluding hydrogens is 228 g/mol. The number of unbranched alkanes of at least 4 members (excludes halogenated alkanes) is 1. The van der Waals surface area contributed by atoms with Gasteiger partial charge in [-0.25, -0.2) is 4.79 Å². The third kappa shape index (κ3) is 2.61. The first-order valence-electron chi connectivity index (χ1n) is 5.57. The molecule has 3 atom stereocenters. The molecular formula is C10H16N2O3S. The molecule has 0 aliphatic carbocycles. The number of rotatable bonds is 5. The molecule has 3 N–H and O–H groups in total. The van der Waals surface area contributed by atoms with E-state index in [0.717, 1.165) is 25.0 Å². The van der Waals surface area contributed by atoms with E-state index in [1.807, 2.05) is 11.8 Å².